The van der Waals surface area contributed by atoms with Crippen molar-refractivity contribution in [1.29, 1.82) is 0 Å². The minimum absolute atomic E-state index is 0.0263. The molecule has 2 N–H and O–H groups in total. The lowest BCUT2D eigenvalue weighted by Crippen LogP contribution is -2.55. The fraction of sp³-hybridized carbons (Fsp3) is 0.560. The van der Waals surface area contributed by atoms with Gasteiger partial charge in [-0.3, -0.25) is 10.1 Å². The Balaban J connectivity index is 1.57. The van der Waals surface area contributed by atoms with Gasteiger partial charge in [-0.2, -0.15) is 0 Å². The Morgan fingerprint density at radius 1 is 1.28 bits per heavy atom. The molecule has 0 radical (unpaired) electrons. The van der Waals surface area contributed by atoms with Crippen LogP contribution in [0.5, 0.6) is 0 Å². The van der Waals surface area contributed by atoms with Gasteiger partial charge in [0.25, 0.3) is 0 Å². The van der Waals surface area contributed by atoms with Crippen LogP contribution < -0.4 is 15.6 Å². The van der Waals surface area contributed by atoms with Crippen molar-refractivity contribution in [2.75, 3.05) is 18.0 Å². The van der Waals surface area contributed by atoms with Crippen LogP contribution >= 0.6 is 0 Å². The van der Waals surface area contributed by atoms with Gasteiger partial charge in [-0.1, -0.05) is 0 Å². The van der Waals surface area contributed by atoms with E-state index in [-0.39, 0.29) is 47.7 Å². The number of carbonyl (C=O) groups is 2. The molecule has 194 valence electrons. The Morgan fingerprint density at radius 3 is 2.58 bits per heavy atom. The number of nitrogens with zero attached hydrogens (tertiary/aromatic N) is 2. The number of aromatic carboxylic acids is 1. The standard InChI is InChI=1S/C25H29F2N3O6/c1-12-7-13-9-29(11-25(13,35-12)28-23(34)36-24(2,3)4)20-17(26)8-15-19(18(20)27)30(14-5-6-14)10-16(21(15)31)22(32)33/h8,10,12-14H,5-7,9,11H2,1-4H3,(H,28,34)(H,32,33). The van der Waals surface area contributed by atoms with Crippen LogP contribution in [0.2, 0.25) is 0 Å². The number of carboxylic acid groups (broad SMARTS) is 1. The molecule has 1 amide bonds. The molecule has 3 unspecified atom stereocenters. The predicted molar refractivity (Wildman–Crippen MR) is 126 cm³/mol. The van der Waals surface area contributed by atoms with Crippen molar-refractivity contribution in [3.05, 3.63) is 39.7 Å². The fourth-order valence-electron chi connectivity index (χ4n) is 5.43. The first-order chi connectivity index (χ1) is 16.8. The lowest BCUT2D eigenvalue weighted by Gasteiger charge is -2.32. The minimum Gasteiger partial charge on any atom is -0.477 e. The molecule has 3 aliphatic rings. The van der Waals surface area contributed by atoms with Gasteiger partial charge >= 0.3 is 12.1 Å². The molecule has 36 heavy (non-hydrogen) atoms. The van der Waals surface area contributed by atoms with Crippen molar-refractivity contribution < 1.29 is 33.0 Å². The Labute approximate surface area is 206 Å². The number of pyridine rings is 1. The summed E-state index contributed by atoms with van der Waals surface area (Å²) in [5, 5.41) is 11.9. The Bertz CT molecular complexity index is 1330. The molecular weight excluding hydrogens is 476 g/mol. The number of rotatable bonds is 4. The summed E-state index contributed by atoms with van der Waals surface area (Å²) >= 11 is 0. The largest absolute Gasteiger partial charge is 0.477 e. The topological polar surface area (TPSA) is 110 Å². The summed E-state index contributed by atoms with van der Waals surface area (Å²) in [5.41, 5.74) is -3.85. The normalized spacial score (nSPS) is 25.8. The van der Waals surface area contributed by atoms with E-state index < -0.39 is 46.0 Å². The van der Waals surface area contributed by atoms with Crippen LogP contribution in [-0.4, -0.2) is 52.3 Å². The lowest BCUT2D eigenvalue weighted by molar-refractivity contribution is -0.0597. The molecule has 0 spiro atoms. The summed E-state index contributed by atoms with van der Waals surface area (Å²) in [6.45, 7) is 7.25. The number of anilines is 1. The maximum Gasteiger partial charge on any atom is 0.409 e. The van der Waals surface area contributed by atoms with Crippen LogP contribution in [0.3, 0.4) is 0 Å². The molecular formula is C25H29F2N3O6. The second kappa shape index (κ2) is 8.16. The number of fused-ring (bicyclic) bond motifs is 2. The zero-order chi connectivity index (χ0) is 26.2. The quantitative estimate of drug-likeness (QED) is 0.651. The molecule has 2 saturated heterocycles. The third kappa shape index (κ3) is 4.08. The molecule has 9 nitrogen and oxygen atoms in total. The first-order valence-electron chi connectivity index (χ1n) is 12.0. The number of amides is 1. The smallest absolute Gasteiger partial charge is 0.409 e. The van der Waals surface area contributed by atoms with E-state index in [9.17, 15) is 19.5 Å². The van der Waals surface area contributed by atoms with Gasteiger partial charge in [-0.05, 0) is 53.0 Å². The maximum atomic E-state index is 16.1. The zero-order valence-corrected chi connectivity index (χ0v) is 20.6. The van der Waals surface area contributed by atoms with Crippen molar-refractivity contribution in [2.45, 2.75) is 70.4 Å². The van der Waals surface area contributed by atoms with E-state index in [1.807, 2.05) is 6.92 Å². The molecule has 2 aliphatic heterocycles. The summed E-state index contributed by atoms with van der Waals surface area (Å²) < 4.78 is 44.4. The van der Waals surface area contributed by atoms with Crippen LogP contribution in [0.4, 0.5) is 19.3 Å². The number of alkyl carbamates (subject to hydrolysis) is 1. The third-order valence-electron chi connectivity index (χ3n) is 6.94. The van der Waals surface area contributed by atoms with E-state index in [0.717, 1.165) is 12.3 Å². The second-order valence-electron chi connectivity index (χ2n) is 11.0. The summed E-state index contributed by atoms with van der Waals surface area (Å²) in [5.74, 6) is -3.63. The van der Waals surface area contributed by atoms with Crippen molar-refractivity contribution in [3.8, 4) is 0 Å². The van der Waals surface area contributed by atoms with Gasteiger partial charge in [0.2, 0.25) is 5.43 Å². The number of carboxylic acids is 1. The van der Waals surface area contributed by atoms with Gasteiger partial charge in [0.15, 0.2) is 11.5 Å². The average Bonchev–Trinajstić information content (AvgIpc) is 3.45. The van der Waals surface area contributed by atoms with E-state index in [1.54, 1.807) is 20.8 Å². The van der Waals surface area contributed by atoms with Gasteiger partial charge < -0.3 is 24.0 Å². The molecule has 5 rings (SSSR count). The van der Waals surface area contributed by atoms with E-state index >= 15 is 8.78 Å². The van der Waals surface area contributed by atoms with Crippen LogP contribution in [0.1, 0.15) is 63.4 Å². The van der Waals surface area contributed by atoms with Crippen molar-refractivity contribution in [2.24, 2.45) is 5.92 Å². The Hall–Kier alpha value is -3.21. The molecule has 3 fully saturated rings. The monoisotopic (exact) mass is 505 g/mol. The van der Waals surface area contributed by atoms with Gasteiger partial charge in [0.1, 0.15) is 22.7 Å². The highest BCUT2D eigenvalue weighted by atomic mass is 19.1. The molecule has 3 atom stereocenters. The molecule has 2 aromatic rings. The van der Waals surface area contributed by atoms with Gasteiger partial charge in [-0.25, -0.2) is 18.4 Å². The Kier molecular flexibility index (Phi) is 5.55. The summed E-state index contributed by atoms with van der Waals surface area (Å²) in [7, 11) is 0. The first-order valence-corrected chi connectivity index (χ1v) is 12.0. The van der Waals surface area contributed by atoms with Gasteiger partial charge in [0.05, 0.1) is 23.6 Å². The highest BCUT2D eigenvalue weighted by molar-refractivity contribution is 5.94. The average molecular weight is 506 g/mol. The summed E-state index contributed by atoms with van der Waals surface area (Å²) in [4.78, 5) is 38.4. The zero-order valence-electron chi connectivity index (χ0n) is 20.6. The number of ether oxygens (including phenoxy) is 2. The maximum absolute atomic E-state index is 16.1. The van der Waals surface area contributed by atoms with Gasteiger partial charge in [0, 0.05) is 24.7 Å². The van der Waals surface area contributed by atoms with Crippen LogP contribution in [0.25, 0.3) is 10.9 Å². The molecule has 11 heteroatoms. The van der Waals surface area contributed by atoms with E-state index in [4.69, 9.17) is 9.47 Å². The Morgan fingerprint density at radius 2 is 1.97 bits per heavy atom. The number of aromatic nitrogens is 1. The number of nitrogens with one attached hydrogen (secondary N) is 1. The number of hydrogen-bond acceptors (Lipinski definition) is 6. The molecule has 1 saturated carbocycles. The number of hydrogen-bond donors (Lipinski definition) is 2. The fourth-order valence-corrected chi connectivity index (χ4v) is 5.43. The second-order valence-corrected chi connectivity index (χ2v) is 11.0. The SMILES string of the molecule is CC1CC2CN(c3c(F)cc4c(=O)c(C(=O)O)cn(C5CC5)c4c3F)CC2(NC(=O)OC(C)(C)C)O1. The number of halogens is 2. The number of benzene rings is 1. The highest BCUT2D eigenvalue weighted by Gasteiger charge is 2.55. The van der Waals surface area contributed by atoms with Crippen molar-refractivity contribution in [1.82, 2.24) is 9.88 Å². The van der Waals surface area contributed by atoms with E-state index in [1.165, 1.54) is 9.47 Å². The van der Waals surface area contributed by atoms with Crippen LogP contribution in [0.15, 0.2) is 17.1 Å². The third-order valence-corrected chi connectivity index (χ3v) is 6.94. The van der Waals surface area contributed by atoms with Crippen LogP contribution in [0, 0.1) is 17.6 Å². The van der Waals surface area contributed by atoms with Crippen molar-refractivity contribution in [3.63, 3.8) is 0 Å². The van der Waals surface area contributed by atoms with Gasteiger partial charge in [-0.15, -0.1) is 0 Å². The predicted octanol–water partition coefficient (Wildman–Crippen LogP) is 3.78. The minimum atomic E-state index is -1.45. The molecule has 1 aromatic carbocycles. The molecule has 1 aliphatic carbocycles. The van der Waals surface area contributed by atoms with Crippen LogP contribution in [-0.2, 0) is 9.47 Å². The summed E-state index contributed by atoms with van der Waals surface area (Å²) in [6.07, 6.45) is 2.25. The van der Waals surface area contributed by atoms with E-state index in [2.05, 4.69) is 5.32 Å². The lowest BCUT2D eigenvalue weighted by atomic mass is 9.98. The molecule has 3 heterocycles. The summed E-state index contributed by atoms with van der Waals surface area (Å²) in [6, 6.07) is 0.744. The highest BCUT2D eigenvalue weighted by Crippen LogP contribution is 2.45. The number of carbonyl (C=O) groups excluding carboxylic acids is 1. The first kappa shape index (κ1) is 24.5. The van der Waals surface area contributed by atoms with E-state index in [0.29, 0.717) is 19.3 Å². The molecule has 0 bridgehead atoms. The molecule has 1 aromatic heterocycles. The van der Waals surface area contributed by atoms with Crippen molar-refractivity contribution >= 4 is 28.7 Å².